The van der Waals surface area contributed by atoms with Crippen molar-refractivity contribution in [2.45, 2.75) is 13.8 Å². The summed E-state index contributed by atoms with van der Waals surface area (Å²) in [6.07, 6.45) is 0. The zero-order valence-corrected chi connectivity index (χ0v) is 11.2. The molecule has 0 N–H and O–H groups in total. The van der Waals surface area contributed by atoms with Gasteiger partial charge in [0.1, 0.15) is 6.54 Å². The molecule has 98 valence electrons. The Hall–Kier alpha value is -1.11. The number of urea groups is 1. The molecule has 3 amide bonds. The lowest BCUT2D eigenvalue weighted by Crippen LogP contribution is -2.36. The van der Waals surface area contributed by atoms with Crippen molar-refractivity contribution in [2.75, 3.05) is 31.6 Å². The van der Waals surface area contributed by atoms with Crippen molar-refractivity contribution >= 4 is 21.8 Å². The molecule has 0 spiro atoms. The Morgan fingerprint density at radius 2 is 1.88 bits per heavy atom. The average molecular weight is 262 g/mol. The highest BCUT2D eigenvalue weighted by Gasteiger charge is 2.34. The first kappa shape index (κ1) is 14.0. The number of hydrogen-bond donors (Lipinski definition) is 0. The minimum atomic E-state index is -3.20. The van der Waals surface area contributed by atoms with Gasteiger partial charge in [0, 0.05) is 13.6 Å². The highest BCUT2D eigenvalue weighted by atomic mass is 32.2. The monoisotopic (exact) mass is 262 g/mol. The van der Waals surface area contributed by atoms with Crippen LogP contribution in [0, 0.1) is 5.92 Å². The highest BCUT2D eigenvalue weighted by molar-refractivity contribution is 7.91. The smallest absolute Gasteiger partial charge is 0.318 e. The van der Waals surface area contributed by atoms with Crippen molar-refractivity contribution in [3.63, 3.8) is 0 Å². The number of rotatable bonds is 5. The van der Waals surface area contributed by atoms with Crippen LogP contribution in [0.4, 0.5) is 4.79 Å². The van der Waals surface area contributed by atoms with Crippen LogP contribution in [-0.4, -0.2) is 61.8 Å². The van der Waals surface area contributed by atoms with Gasteiger partial charge in [0.15, 0.2) is 9.84 Å². The molecule has 1 saturated heterocycles. The van der Waals surface area contributed by atoms with Gasteiger partial charge in [0.25, 0.3) is 0 Å². The number of amides is 3. The maximum atomic E-state index is 11.6. The fourth-order valence-corrected chi connectivity index (χ4v) is 3.35. The normalized spacial score (nSPS) is 17.4. The van der Waals surface area contributed by atoms with Gasteiger partial charge in [-0.15, -0.1) is 0 Å². The lowest BCUT2D eigenvalue weighted by molar-refractivity contribution is -0.125. The molecular formula is C10H18N2O4S. The van der Waals surface area contributed by atoms with Gasteiger partial charge in [0.2, 0.25) is 5.91 Å². The van der Waals surface area contributed by atoms with E-state index in [1.807, 2.05) is 13.8 Å². The predicted molar refractivity (Wildman–Crippen MR) is 63.2 cm³/mol. The van der Waals surface area contributed by atoms with Crippen LogP contribution < -0.4 is 0 Å². The Bertz CT molecular complexity index is 416. The minimum absolute atomic E-state index is 0.0308. The molecule has 7 heteroatoms. The Morgan fingerprint density at radius 3 is 2.29 bits per heavy atom. The van der Waals surface area contributed by atoms with Crippen LogP contribution in [0.2, 0.25) is 0 Å². The fraction of sp³-hybridized carbons (Fsp3) is 0.800. The molecule has 0 saturated carbocycles. The van der Waals surface area contributed by atoms with Crippen molar-refractivity contribution in [3.05, 3.63) is 0 Å². The van der Waals surface area contributed by atoms with E-state index in [4.69, 9.17) is 0 Å². The molecule has 0 bridgehead atoms. The van der Waals surface area contributed by atoms with Crippen molar-refractivity contribution < 1.29 is 18.0 Å². The van der Waals surface area contributed by atoms with Crippen molar-refractivity contribution in [3.8, 4) is 0 Å². The summed E-state index contributed by atoms with van der Waals surface area (Å²) in [6.45, 7) is 3.62. The molecule has 0 atom stereocenters. The summed E-state index contributed by atoms with van der Waals surface area (Å²) in [7, 11) is -1.68. The van der Waals surface area contributed by atoms with E-state index < -0.39 is 15.9 Å². The maximum absolute atomic E-state index is 11.6. The third kappa shape index (κ3) is 3.69. The van der Waals surface area contributed by atoms with Gasteiger partial charge in [-0.1, -0.05) is 13.8 Å². The van der Waals surface area contributed by atoms with E-state index in [1.54, 1.807) is 0 Å². The Labute approximate surface area is 101 Å². The van der Waals surface area contributed by atoms with E-state index in [1.165, 1.54) is 11.9 Å². The van der Waals surface area contributed by atoms with Crippen molar-refractivity contribution in [2.24, 2.45) is 5.92 Å². The number of carbonyl (C=O) groups excluding carboxylic acids is 2. The van der Waals surface area contributed by atoms with E-state index in [0.717, 1.165) is 4.90 Å². The van der Waals surface area contributed by atoms with Crippen molar-refractivity contribution in [1.82, 2.24) is 9.80 Å². The number of imide groups is 1. The highest BCUT2D eigenvalue weighted by Crippen LogP contribution is 2.09. The number of likely N-dealkylation sites (N-methyl/N-ethyl adjacent to an activating group) is 1. The summed E-state index contributed by atoms with van der Waals surface area (Å²) >= 11 is 0. The van der Waals surface area contributed by atoms with Crippen LogP contribution in [0.3, 0.4) is 0 Å². The molecule has 0 radical (unpaired) electrons. The molecule has 1 aliphatic rings. The third-order valence-corrected chi connectivity index (χ3v) is 4.42. The number of nitrogens with zero attached hydrogens (tertiary/aromatic N) is 2. The Kier molecular flexibility index (Phi) is 4.13. The van der Waals surface area contributed by atoms with Gasteiger partial charge in [0.05, 0.1) is 11.5 Å². The second-order valence-electron chi connectivity index (χ2n) is 4.69. The van der Waals surface area contributed by atoms with Crippen LogP contribution in [0.25, 0.3) is 0 Å². The standard InChI is InChI=1S/C10H18N2O4S/c1-8(2)7-17(15,16)5-4-12-9(13)6-11(3)10(12)14/h8H,4-7H2,1-3H3. The first-order valence-corrected chi connectivity index (χ1v) is 7.31. The Morgan fingerprint density at radius 1 is 1.29 bits per heavy atom. The van der Waals surface area contributed by atoms with Crippen LogP contribution in [-0.2, 0) is 14.6 Å². The number of carbonyl (C=O) groups is 2. The summed E-state index contributed by atoms with van der Waals surface area (Å²) in [5.74, 6) is -0.361. The summed E-state index contributed by atoms with van der Waals surface area (Å²) in [5, 5.41) is 0. The molecule has 0 aromatic rings. The van der Waals surface area contributed by atoms with Crippen LogP contribution in [0.1, 0.15) is 13.8 Å². The molecule has 0 aliphatic carbocycles. The Balaban J connectivity index is 2.57. The second kappa shape index (κ2) is 5.03. The minimum Gasteiger partial charge on any atom is -0.318 e. The SMILES string of the molecule is CC(C)CS(=O)(=O)CCN1C(=O)CN(C)C1=O. The molecule has 1 rings (SSSR count). The van der Waals surface area contributed by atoms with Gasteiger partial charge in [-0.05, 0) is 5.92 Å². The fourth-order valence-electron chi connectivity index (χ4n) is 1.71. The quantitative estimate of drug-likeness (QED) is 0.651. The maximum Gasteiger partial charge on any atom is 0.326 e. The molecule has 1 heterocycles. The second-order valence-corrected chi connectivity index (χ2v) is 6.92. The summed E-state index contributed by atoms with van der Waals surface area (Å²) in [6, 6.07) is -0.422. The van der Waals surface area contributed by atoms with E-state index >= 15 is 0 Å². The zero-order valence-electron chi connectivity index (χ0n) is 10.3. The van der Waals surface area contributed by atoms with Gasteiger partial charge in [-0.3, -0.25) is 9.69 Å². The van der Waals surface area contributed by atoms with E-state index in [9.17, 15) is 18.0 Å². The molecule has 1 aliphatic heterocycles. The molecule has 0 unspecified atom stereocenters. The lowest BCUT2D eigenvalue weighted by atomic mass is 10.3. The third-order valence-electron chi connectivity index (χ3n) is 2.44. The topological polar surface area (TPSA) is 74.8 Å². The molecule has 0 aromatic heterocycles. The van der Waals surface area contributed by atoms with Gasteiger partial charge >= 0.3 is 6.03 Å². The summed E-state index contributed by atoms with van der Waals surface area (Å²) in [4.78, 5) is 25.2. The lowest BCUT2D eigenvalue weighted by Gasteiger charge is -2.14. The predicted octanol–water partition coefficient (Wildman–Crippen LogP) is -0.0488. The largest absolute Gasteiger partial charge is 0.326 e. The van der Waals surface area contributed by atoms with E-state index in [-0.39, 0.29) is 36.4 Å². The van der Waals surface area contributed by atoms with Gasteiger partial charge in [-0.25, -0.2) is 13.2 Å². The first-order valence-electron chi connectivity index (χ1n) is 5.49. The van der Waals surface area contributed by atoms with Crippen LogP contribution >= 0.6 is 0 Å². The first-order chi connectivity index (χ1) is 7.73. The van der Waals surface area contributed by atoms with E-state index in [0.29, 0.717) is 0 Å². The molecular weight excluding hydrogens is 244 g/mol. The summed E-state index contributed by atoms with van der Waals surface area (Å²) < 4.78 is 23.3. The number of sulfone groups is 1. The van der Waals surface area contributed by atoms with Crippen LogP contribution in [0.5, 0.6) is 0 Å². The van der Waals surface area contributed by atoms with Crippen molar-refractivity contribution in [1.29, 1.82) is 0 Å². The van der Waals surface area contributed by atoms with Crippen LogP contribution in [0.15, 0.2) is 0 Å². The molecule has 1 fully saturated rings. The zero-order chi connectivity index (χ0) is 13.2. The molecule has 0 aromatic carbocycles. The van der Waals surface area contributed by atoms with Gasteiger partial charge in [-0.2, -0.15) is 0 Å². The average Bonchev–Trinajstić information content (AvgIpc) is 2.37. The molecule has 17 heavy (non-hydrogen) atoms. The van der Waals surface area contributed by atoms with E-state index in [2.05, 4.69) is 0 Å². The number of hydrogen-bond acceptors (Lipinski definition) is 4. The van der Waals surface area contributed by atoms with Gasteiger partial charge < -0.3 is 4.90 Å². The molecule has 6 nitrogen and oxygen atoms in total. The summed E-state index contributed by atoms with van der Waals surface area (Å²) in [5.41, 5.74) is 0.